The number of fused-ring (bicyclic) bond motifs is 1. The number of piperazine rings is 1. The lowest BCUT2D eigenvalue weighted by molar-refractivity contribution is 0.122. The number of anilines is 1. The molecular formula is C25H30N8O2. The summed E-state index contributed by atoms with van der Waals surface area (Å²) >= 11 is 0. The van der Waals surface area contributed by atoms with Gasteiger partial charge in [-0.25, -0.2) is 9.67 Å². The van der Waals surface area contributed by atoms with Crippen LogP contribution in [0, 0.1) is 6.92 Å². The fourth-order valence-corrected chi connectivity index (χ4v) is 4.60. The normalized spacial score (nSPS) is 17.9. The number of morpholine rings is 1. The van der Waals surface area contributed by atoms with Crippen LogP contribution in [0.15, 0.2) is 40.9 Å². The summed E-state index contributed by atoms with van der Waals surface area (Å²) < 4.78 is 13.5. The summed E-state index contributed by atoms with van der Waals surface area (Å²) in [5.41, 5.74) is 4.32. The SMILES string of the molecule is Cc1cccc(-c2ccn(-c3nc(N4CCOCC4)c4nc(CN5CCN(C)CC5)oc4n3)n2)c1. The molecule has 3 aromatic heterocycles. The summed E-state index contributed by atoms with van der Waals surface area (Å²) in [6.07, 6.45) is 1.89. The minimum atomic E-state index is 0.472. The number of ether oxygens (including phenoxy) is 1. The Balaban J connectivity index is 1.36. The van der Waals surface area contributed by atoms with E-state index in [-0.39, 0.29) is 0 Å². The molecule has 2 aliphatic heterocycles. The van der Waals surface area contributed by atoms with Crippen molar-refractivity contribution in [2.45, 2.75) is 13.5 Å². The van der Waals surface area contributed by atoms with E-state index in [1.807, 2.05) is 18.3 Å². The van der Waals surface area contributed by atoms with Crippen molar-refractivity contribution in [3.05, 3.63) is 48.0 Å². The van der Waals surface area contributed by atoms with E-state index in [2.05, 4.69) is 46.9 Å². The molecule has 0 bridgehead atoms. The van der Waals surface area contributed by atoms with Gasteiger partial charge in [0.05, 0.1) is 25.5 Å². The number of nitrogens with zero attached hydrogens (tertiary/aromatic N) is 8. The molecule has 6 rings (SSSR count). The number of benzene rings is 1. The van der Waals surface area contributed by atoms with Crippen molar-refractivity contribution in [2.24, 2.45) is 0 Å². The van der Waals surface area contributed by atoms with Gasteiger partial charge in [-0.05, 0) is 26.1 Å². The monoisotopic (exact) mass is 474 g/mol. The Hall–Kier alpha value is -3.34. The summed E-state index contributed by atoms with van der Waals surface area (Å²) in [5, 5.41) is 4.77. The first-order valence-electron chi connectivity index (χ1n) is 12.2. The van der Waals surface area contributed by atoms with Crippen LogP contribution in [0.1, 0.15) is 11.5 Å². The summed E-state index contributed by atoms with van der Waals surface area (Å²) in [6, 6.07) is 10.3. The molecule has 5 heterocycles. The molecule has 182 valence electrons. The molecule has 0 saturated carbocycles. The first kappa shape index (κ1) is 22.1. The van der Waals surface area contributed by atoms with E-state index >= 15 is 0 Å². The topological polar surface area (TPSA) is 88.6 Å². The molecule has 0 radical (unpaired) electrons. The third kappa shape index (κ3) is 4.64. The van der Waals surface area contributed by atoms with E-state index in [4.69, 9.17) is 29.2 Å². The van der Waals surface area contributed by atoms with Gasteiger partial charge in [-0.1, -0.05) is 23.8 Å². The second kappa shape index (κ2) is 9.37. The molecule has 10 nitrogen and oxygen atoms in total. The van der Waals surface area contributed by atoms with Crippen LogP contribution in [0.3, 0.4) is 0 Å². The minimum absolute atomic E-state index is 0.472. The van der Waals surface area contributed by atoms with Gasteiger partial charge in [0.1, 0.15) is 0 Å². The van der Waals surface area contributed by atoms with E-state index in [1.54, 1.807) is 4.68 Å². The van der Waals surface area contributed by atoms with Gasteiger partial charge in [0.15, 0.2) is 11.3 Å². The number of oxazole rings is 1. The number of hydrogen-bond donors (Lipinski definition) is 0. The molecule has 0 unspecified atom stereocenters. The molecule has 35 heavy (non-hydrogen) atoms. The molecule has 0 N–H and O–H groups in total. The lowest BCUT2D eigenvalue weighted by Crippen LogP contribution is -2.43. The van der Waals surface area contributed by atoms with E-state index in [0.717, 1.165) is 56.3 Å². The van der Waals surface area contributed by atoms with Gasteiger partial charge in [-0.2, -0.15) is 15.1 Å². The Morgan fingerprint density at radius 2 is 1.77 bits per heavy atom. The molecule has 10 heteroatoms. The van der Waals surface area contributed by atoms with Crippen molar-refractivity contribution < 1.29 is 9.15 Å². The molecule has 0 aliphatic carbocycles. The molecule has 0 amide bonds. The molecule has 2 fully saturated rings. The smallest absolute Gasteiger partial charge is 0.255 e. The van der Waals surface area contributed by atoms with Crippen molar-refractivity contribution in [3.63, 3.8) is 0 Å². The number of hydrogen-bond acceptors (Lipinski definition) is 9. The Kier molecular flexibility index (Phi) is 5.93. The summed E-state index contributed by atoms with van der Waals surface area (Å²) in [4.78, 5) is 21.4. The molecule has 0 spiro atoms. The Bertz CT molecular complexity index is 1320. The van der Waals surface area contributed by atoms with Gasteiger partial charge >= 0.3 is 0 Å². The first-order valence-corrected chi connectivity index (χ1v) is 12.2. The van der Waals surface area contributed by atoms with Gasteiger partial charge < -0.3 is 19.0 Å². The molecule has 2 aliphatic rings. The average Bonchev–Trinajstić information content (AvgIpc) is 3.53. The largest absolute Gasteiger partial charge is 0.421 e. The summed E-state index contributed by atoms with van der Waals surface area (Å²) in [6.45, 7) is 9.65. The zero-order valence-electron chi connectivity index (χ0n) is 20.2. The highest BCUT2D eigenvalue weighted by atomic mass is 16.5. The lowest BCUT2D eigenvalue weighted by Gasteiger charge is -2.31. The van der Waals surface area contributed by atoms with Crippen LogP contribution in [-0.2, 0) is 11.3 Å². The van der Waals surface area contributed by atoms with Gasteiger partial charge in [0.2, 0.25) is 5.89 Å². The fourth-order valence-electron chi connectivity index (χ4n) is 4.60. The summed E-state index contributed by atoms with van der Waals surface area (Å²) in [5.74, 6) is 1.92. The maximum Gasteiger partial charge on any atom is 0.255 e. The lowest BCUT2D eigenvalue weighted by atomic mass is 10.1. The Morgan fingerprint density at radius 1 is 0.943 bits per heavy atom. The van der Waals surface area contributed by atoms with Gasteiger partial charge in [0.25, 0.3) is 11.7 Å². The third-order valence-corrected chi connectivity index (χ3v) is 6.65. The van der Waals surface area contributed by atoms with Gasteiger partial charge in [0, 0.05) is 51.0 Å². The fraction of sp³-hybridized carbons (Fsp3) is 0.440. The van der Waals surface area contributed by atoms with E-state index in [9.17, 15) is 0 Å². The van der Waals surface area contributed by atoms with Gasteiger partial charge in [-0.15, -0.1) is 0 Å². The van der Waals surface area contributed by atoms with Crippen LogP contribution in [0.25, 0.3) is 28.4 Å². The molecule has 4 aromatic rings. The number of aromatic nitrogens is 5. The third-order valence-electron chi connectivity index (χ3n) is 6.65. The van der Waals surface area contributed by atoms with Crippen LogP contribution in [0.5, 0.6) is 0 Å². The highest BCUT2D eigenvalue weighted by Gasteiger charge is 2.24. The van der Waals surface area contributed by atoms with Crippen LogP contribution in [-0.4, -0.2) is 94.1 Å². The second-order valence-corrected chi connectivity index (χ2v) is 9.30. The minimum Gasteiger partial charge on any atom is -0.421 e. The van der Waals surface area contributed by atoms with Crippen molar-refractivity contribution >= 4 is 17.0 Å². The van der Waals surface area contributed by atoms with Crippen molar-refractivity contribution in [3.8, 4) is 17.2 Å². The molecule has 1 aromatic carbocycles. The van der Waals surface area contributed by atoms with Crippen molar-refractivity contribution in [2.75, 3.05) is 64.4 Å². The first-order chi connectivity index (χ1) is 17.1. The number of likely N-dealkylation sites (N-methyl/N-ethyl adjacent to an activating group) is 1. The zero-order chi connectivity index (χ0) is 23.8. The maximum absolute atomic E-state index is 6.18. The zero-order valence-corrected chi connectivity index (χ0v) is 20.2. The Morgan fingerprint density at radius 3 is 2.57 bits per heavy atom. The molecule has 0 atom stereocenters. The maximum atomic E-state index is 6.18. The predicted octanol–water partition coefficient (Wildman–Crippen LogP) is 2.36. The van der Waals surface area contributed by atoms with Crippen LogP contribution in [0.4, 0.5) is 5.82 Å². The summed E-state index contributed by atoms with van der Waals surface area (Å²) in [7, 11) is 2.15. The van der Waals surface area contributed by atoms with E-state index in [0.29, 0.717) is 42.8 Å². The number of rotatable bonds is 5. The average molecular weight is 475 g/mol. The highest BCUT2D eigenvalue weighted by molar-refractivity contribution is 5.82. The predicted molar refractivity (Wildman–Crippen MR) is 133 cm³/mol. The molecule has 2 saturated heterocycles. The number of aryl methyl sites for hydroxylation is 1. The van der Waals surface area contributed by atoms with Crippen LogP contribution >= 0.6 is 0 Å². The standard InChI is InChI=1S/C25H30N8O2/c1-18-4-3-5-19(16-18)20-6-7-33(29-20)25-27-23(32-12-14-34-15-13-32)22-24(28-25)35-21(26-22)17-31-10-8-30(2)9-11-31/h3-7,16H,8-15,17H2,1-2H3. The molecular weight excluding hydrogens is 444 g/mol. The van der Waals surface area contributed by atoms with Crippen LogP contribution in [0.2, 0.25) is 0 Å². The van der Waals surface area contributed by atoms with Gasteiger partial charge in [-0.3, -0.25) is 4.90 Å². The second-order valence-electron chi connectivity index (χ2n) is 9.30. The van der Waals surface area contributed by atoms with Crippen molar-refractivity contribution in [1.82, 2.24) is 34.5 Å². The quantitative estimate of drug-likeness (QED) is 0.432. The van der Waals surface area contributed by atoms with E-state index < -0.39 is 0 Å². The highest BCUT2D eigenvalue weighted by Crippen LogP contribution is 2.27. The van der Waals surface area contributed by atoms with E-state index in [1.165, 1.54) is 5.56 Å². The van der Waals surface area contributed by atoms with Crippen LogP contribution < -0.4 is 4.90 Å². The Labute approximate surface area is 204 Å². The van der Waals surface area contributed by atoms with Crippen molar-refractivity contribution in [1.29, 1.82) is 0 Å².